The Morgan fingerprint density at radius 1 is 1.05 bits per heavy atom. The fourth-order valence-corrected chi connectivity index (χ4v) is 1.74. The maximum absolute atomic E-state index is 5.51. The number of amidine groups is 1. The van der Waals surface area contributed by atoms with Crippen molar-refractivity contribution in [2.24, 2.45) is 10.7 Å². The average molecular weight is 269 g/mol. The SMILES string of the molecule is Cc1ccc(NC(=NC(N)=S)c2ccccc2)cc1. The molecule has 3 nitrogen and oxygen atoms in total. The first-order chi connectivity index (χ1) is 9.15. The van der Waals surface area contributed by atoms with E-state index in [9.17, 15) is 0 Å². The molecule has 0 saturated carbocycles. The second-order valence-electron chi connectivity index (χ2n) is 4.16. The van der Waals surface area contributed by atoms with Gasteiger partial charge in [-0.3, -0.25) is 0 Å². The minimum Gasteiger partial charge on any atom is -0.374 e. The lowest BCUT2D eigenvalue weighted by molar-refractivity contribution is 1.46. The van der Waals surface area contributed by atoms with Crippen LogP contribution < -0.4 is 11.1 Å². The van der Waals surface area contributed by atoms with Crippen LogP contribution in [0.4, 0.5) is 5.69 Å². The van der Waals surface area contributed by atoms with E-state index in [0.717, 1.165) is 11.3 Å². The van der Waals surface area contributed by atoms with Gasteiger partial charge in [0.05, 0.1) is 0 Å². The van der Waals surface area contributed by atoms with Crippen molar-refractivity contribution < 1.29 is 0 Å². The van der Waals surface area contributed by atoms with E-state index in [1.54, 1.807) is 0 Å². The van der Waals surface area contributed by atoms with Gasteiger partial charge in [-0.15, -0.1) is 0 Å². The molecule has 0 aliphatic carbocycles. The topological polar surface area (TPSA) is 50.4 Å². The van der Waals surface area contributed by atoms with Crippen LogP contribution in [0.3, 0.4) is 0 Å². The van der Waals surface area contributed by atoms with Crippen molar-refractivity contribution in [1.29, 1.82) is 0 Å². The summed E-state index contributed by atoms with van der Waals surface area (Å²) in [5.41, 5.74) is 8.61. The second kappa shape index (κ2) is 6.11. The number of aryl methyl sites for hydroxylation is 1. The molecule has 0 aromatic heterocycles. The summed E-state index contributed by atoms with van der Waals surface area (Å²) >= 11 is 4.86. The van der Waals surface area contributed by atoms with Crippen LogP contribution in [0.5, 0.6) is 0 Å². The molecular weight excluding hydrogens is 254 g/mol. The van der Waals surface area contributed by atoms with Crippen LogP contribution in [0.25, 0.3) is 0 Å². The van der Waals surface area contributed by atoms with Gasteiger partial charge in [-0.25, -0.2) is 4.99 Å². The molecular formula is C15H15N3S. The Balaban J connectivity index is 2.30. The summed E-state index contributed by atoms with van der Waals surface area (Å²) < 4.78 is 0. The van der Waals surface area contributed by atoms with Gasteiger partial charge in [-0.05, 0) is 31.3 Å². The predicted octanol–water partition coefficient (Wildman–Crippen LogP) is 3.10. The summed E-state index contributed by atoms with van der Waals surface area (Å²) in [6.45, 7) is 2.05. The van der Waals surface area contributed by atoms with Gasteiger partial charge in [-0.2, -0.15) is 0 Å². The zero-order valence-corrected chi connectivity index (χ0v) is 11.4. The fourth-order valence-electron chi connectivity index (χ4n) is 1.64. The predicted molar refractivity (Wildman–Crippen MR) is 84.6 cm³/mol. The molecule has 0 atom stereocenters. The lowest BCUT2D eigenvalue weighted by Crippen LogP contribution is -2.18. The molecule has 0 bridgehead atoms. The van der Waals surface area contributed by atoms with Crippen LogP contribution in [0.2, 0.25) is 0 Å². The highest BCUT2D eigenvalue weighted by Crippen LogP contribution is 2.11. The molecule has 3 N–H and O–H groups in total. The number of benzene rings is 2. The van der Waals surface area contributed by atoms with Crippen molar-refractivity contribution in [2.45, 2.75) is 6.92 Å². The normalized spacial score (nSPS) is 11.1. The van der Waals surface area contributed by atoms with Gasteiger partial charge < -0.3 is 11.1 Å². The molecule has 0 fully saturated rings. The number of hydrogen-bond acceptors (Lipinski definition) is 1. The Morgan fingerprint density at radius 3 is 2.26 bits per heavy atom. The summed E-state index contributed by atoms with van der Waals surface area (Å²) in [6, 6.07) is 17.8. The molecule has 19 heavy (non-hydrogen) atoms. The Hall–Kier alpha value is -2.20. The van der Waals surface area contributed by atoms with E-state index in [2.05, 4.69) is 10.3 Å². The van der Waals surface area contributed by atoms with Gasteiger partial charge in [-0.1, -0.05) is 48.0 Å². The molecule has 96 valence electrons. The first-order valence-corrected chi connectivity index (χ1v) is 6.33. The first kappa shape index (κ1) is 13.2. The Kier molecular flexibility index (Phi) is 4.26. The molecule has 0 unspecified atom stereocenters. The van der Waals surface area contributed by atoms with Crippen molar-refractivity contribution in [3.05, 3.63) is 65.7 Å². The summed E-state index contributed by atoms with van der Waals surface area (Å²) in [4.78, 5) is 4.18. The number of nitrogens with two attached hydrogens (primary N) is 1. The number of rotatable bonds is 2. The zero-order valence-electron chi connectivity index (χ0n) is 10.6. The van der Waals surface area contributed by atoms with Crippen LogP contribution in [0.15, 0.2) is 59.6 Å². The minimum atomic E-state index is 0.110. The van der Waals surface area contributed by atoms with Gasteiger partial charge in [0, 0.05) is 11.3 Å². The number of nitrogens with one attached hydrogen (secondary N) is 1. The molecule has 0 radical (unpaired) electrons. The highest BCUT2D eigenvalue weighted by molar-refractivity contribution is 7.80. The van der Waals surface area contributed by atoms with Crippen LogP contribution in [0.1, 0.15) is 11.1 Å². The number of anilines is 1. The summed E-state index contributed by atoms with van der Waals surface area (Å²) in [7, 11) is 0. The molecule has 0 aliphatic rings. The highest BCUT2D eigenvalue weighted by atomic mass is 32.1. The van der Waals surface area contributed by atoms with Crippen LogP contribution in [-0.4, -0.2) is 10.9 Å². The third kappa shape index (κ3) is 3.89. The Morgan fingerprint density at radius 2 is 1.68 bits per heavy atom. The molecule has 0 saturated heterocycles. The van der Waals surface area contributed by atoms with Crippen molar-refractivity contribution >= 4 is 28.9 Å². The van der Waals surface area contributed by atoms with E-state index in [1.165, 1.54) is 5.56 Å². The molecule has 2 aromatic carbocycles. The van der Waals surface area contributed by atoms with Gasteiger partial charge in [0.25, 0.3) is 0 Å². The fraction of sp³-hybridized carbons (Fsp3) is 0.0667. The van der Waals surface area contributed by atoms with E-state index >= 15 is 0 Å². The van der Waals surface area contributed by atoms with Gasteiger partial charge in [0.1, 0.15) is 5.84 Å². The number of aliphatic imine (C=N–C) groups is 1. The minimum absolute atomic E-state index is 0.110. The number of nitrogens with zero attached hydrogens (tertiary/aromatic N) is 1. The van der Waals surface area contributed by atoms with E-state index in [4.69, 9.17) is 18.0 Å². The molecule has 0 spiro atoms. The Labute approximate surface area is 118 Å². The maximum Gasteiger partial charge on any atom is 0.192 e. The van der Waals surface area contributed by atoms with Crippen LogP contribution >= 0.6 is 12.2 Å². The maximum atomic E-state index is 5.51. The van der Waals surface area contributed by atoms with E-state index < -0.39 is 0 Å². The molecule has 0 aliphatic heterocycles. The lowest BCUT2D eigenvalue weighted by Gasteiger charge is -2.10. The standard InChI is InChI=1S/C15H15N3S/c1-11-7-9-13(10-8-11)17-14(18-15(16)19)12-5-3-2-4-6-12/h2-10H,1H3,(H3,16,17,18,19). The van der Waals surface area contributed by atoms with Gasteiger partial charge >= 0.3 is 0 Å². The number of hydrogen-bond donors (Lipinski definition) is 2. The van der Waals surface area contributed by atoms with E-state index in [1.807, 2.05) is 61.5 Å². The highest BCUT2D eigenvalue weighted by Gasteiger charge is 2.04. The average Bonchev–Trinajstić information content (AvgIpc) is 2.41. The van der Waals surface area contributed by atoms with Crippen LogP contribution in [0, 0.1) is 6.92 Å². The smallest absolute Gasteiger partial charge is 0.192 e. The van der Waals surface area contributed by atoms with Crippen molar-refractivity contribution in [2.75, 3.05) is 5.32 Å². The monoisotopic (exact) mass is 269 g/mol. The lowest BCUT2D eigenvalue weighted by atomic mass is 10.2. The third-order valence-corrected chi connectivity index (χ3v) is 2.67. The van der Waals surface area contributed by atoms with E-state index in [0.29, 0.717) is 5.84 Å². The van der Waals surface area contributed by atoms with E-state index in [-0.39, 0.29) is 5.11 Å². The summed E-state index contributed by atoms with van der Waals surface area (Å²) in [5.74, 6) is 0.650. The van der Waals surface area contributed by atoms with Gasteiger partial charge in [0.15, 0.2) is 5.11 Å². The van der Waals surface area contributed by atoms with Gasteiger partial charge in [0.2, 0.25) is 0 Å². The second-order valence-corrected chi connectivity index (χ2v) is 4.57. The van der Waals surface area contributed by atoms with Crippen LogP contribution in [-0.2, 0) is 0 Å². The molecule has 0 heterocycles. The molecule has 4 heteroatoms. The first-order valence-electron chi connectivity index (χ1n) is 5.92. The zero-order chi connectivity index (χ0) is 13.7. The van der Waals surface area contributed by atoms with Crippen molar-refractivity contribution in [1.82, 2.24) is 0 Å². The molecule has 2 rings (SSSR count). The Bertz CT molecular complexity index is 589. The van der Waals surface area contributed by atoms with Crippen molar-refractivity contribution in [3.63, 3.8) is 0 Å². The quantitative estimate of drug-likeness (QED) is 0.500. The van der Waals surface area contributed by atoms with Crippen molar-refractivity contribution in [3.8, 4) is 0 Å². The number of thiocarbonyl (C=S) groups is 1. The largest absolute Gasteiger partial charge is 0.374 e. The third-order valence-electron chi connectivity index (χ3n) is 2.58. The summed E-state index contributed by atoms with van der Waals surface area (Å²) in [5, 5.41) is 3.35. The summed E-state index contributed by atoms with van der Waals surface area (Å²) in [6.07, 6.45) is 0. The molecule has 0 amide bonds. The molecule has 2 aromatic rings.